The maximum Gasteiger partial charge on any atom is 0.314 e. The first-order valence-corrected chi connectivity index (χ1v) is 8.69. The maximum absolute atomic E-state index is 12.1. The maximum atomic E-state index is 12.1. The number of hydrogen-bond acceptors (Lipinski definition) is 4. The molecule has 0 fully saturated rings. The van der Waals surface area contributed by atoms with Crippen molar-refractivity contribution in [1.29, 1.82) is 0 Å². The zero-order chi connectivity index (χ0) is 19.1. The van der Waals surface area contributed by atoms with Crippen molar-refractivity contribution in [1.82, 2.24) is 0 Å². The van der Waals surface area contributed by atoms with Gasteiger partial charge in [-0.2, -0.15) is 0 Å². The smallest absolute Gasteiger partial charge is 0.314 e. The molecule has 2 aromatic rings. The number of rotatable bonds is 6. The van der Waals surface area contributed by atoms with Crippen LogP contribution in [0.15, 0.2) is 48.5 Å². The summed E-state index contributed by atoms with van der Waals surface area (Å²) in [6, 6.07) is 14.7. The van der Waals surface area contributed by atoms with Gasteiger partial charge in [-0.15, -0.1) is 0 Å². The van der Waals surface area contributed by atoms with Crippen LogP contribution in [0.25, 0.3) is 0 Å². The molecule has 0 saturated carbocycles. The van der Waals surface area contributed by atoms with Crippen LogP contribution in [0.4, 0.5) is 22.7 Å². The van der Waals surface area contributed by atoms with Crippen LogP contribution in [0, 0.1) is 0 Å². The van der Waals surface area contributed by atoms with Crippen LogP contribution in [0.1, 0.15) is 13.8 Å². The zero-order valence-corrected chi connectivity index (χ0v) is 15.7. The predicted molar refractivity (Wildman–Crippen MR) is 108 cm³/mol. The lowest BCUT2D eigenvalue weighted by atomic mass is 10.2. The fraction of sp³-hybridized carbons (Fsp3) is 0.300. The molecule has 0 aromatic heterocycles. The number of nitrogens with one attached hydrogen (secondary N) is 2. The van der Waals surface area contributed by atoms with E-state index in [9.17, 15) is 9.59 Å². The Bertz CT molecular complexity index is 735. The molecule has 2 aromatic carbocycles. The Labute approximate surface area is 154 Å². The molecule has 6 nitrogen and oxygen atoms in total. The average Bonchev–Trinajstić information content (AvgIpc) is 2.64. The minimum Gasteiger partial charge on any atom is -0.378 e. The van der Waals surface area contributed by atoms with E-state index >= 15 is 0 Å². The molecule has 2 N–H and O–H groups in total. The monoisotopic (exact) mass is 354 g/mol. The van der Waals surface area contributed by atoms with Gasteiger partial charge in [0.1, 0.15) is 0 Å². The van der Waals surface area contributed by atoms with Crippen LogP contribution in [-0.4, -0.2) is 39.0 Å². The molecule has 26 heavy (non-hydrogen) atoms. The zero-order valence-electron chi connectivity index (χ0n) is 15.7. The number of benzene rings is 2. The lowest BCUT2D eigenvalue weighted by molar-refractivity contribution is -0.132. The van der Waals surface area contributed by atoms with Gasteiger partial charge in [-0.25, -0.2) is 0 Å². The van der Waals surface area contributed by atoms with Crippen LogP contribution >= 0.6 is 0 Å². The van der Waals surface area contributed by atoms with Gasteiger partial charge in [-0.1, -0.05) is 0 Å². The van der Waals surface area contributed by atoms with Gasteiger partial charge in [0.05, 0.1) is 0 Å². The highest BCUT2D eigenvalue weighted by molar-refractivity contribution is 6.43. The molecule has 0 saturated heterocycles. The van der Waals surface area contributed by atoms with E-state index in [1.54, 1.807) is 24.3 Å². The fourth-order valence-electron chi connectivity index (χ4n) is 2.56. The number of hydrogen-bond donors (Lipinski definition) is 2. The summed E-state index contributed by atoms with van der Waals surface area (Å²) < 4.78 is 0. The SMILES string of the molecule is CCN(CC)c1ccc(NC(=O)C(=O)Nc2ccc(N(C)C)cc2)cc1. The Morgan fingerprint density at radius 2 is 1.12 bits per heavy atom. The minimum atomic E-state index is -0.699. The molecule has 0 radical (unpaired) electrons. The first-order chi connectivity index (χ1) is 12.4. The number of carbonyl (C=O) groups is 2. The Balaban J connectivity index is 1.95. The van der Waals surface area contributed by atoms with Crippen LogP contribution in [0.5, 0.6) is 0 Å². The summed E-state index contributed by atoms with van der Waals surface area (Å²) in [4.78, 5) is 28.3. The molecule has 2 amide bonds. The summed E-state index contributed by atoms with van der Waals surface area (Å²) in [5.41, 5.74) is 3.26. The molecule has 0 unspecified atom stereocenters. The molecule has 0 heterocycles. The van der Waals surface area contributed by atoms with E-state index in [1.165, 1.54) is 0 Å². The second kappa shape index (κ2) is 8.89. The summed E-state index contributed by atoms with van der Waals surface area (Å²) >= 11 is 0. The summed E-state index contributed by atoms with van der Waals surface area (Å²) in [6.45, 7) is 6.01. The van der Waals surface area contributed by atoms with E-state index in [1.807, 2.05) is 43.3 Å². The van der Waals surface area contributed by atoms with Crippen molar-refractivity contribution in [3.8, 4) is 0 Å². The molecule has 2 rings (SSSR count). The summed E-state index contributed by atoms with van der Waals surface area (Å²) in [5.74, 6) is -1.40. The number of carbonyl (C=O) groups excluding carboxylic acids is 2. The highest BCUT2D eigenvalue weighted by atomic mass is 16.2. The van der Waals surface area contributed by atoms with Crippen LogP contribution in [0.2, 0.25) is 0 Å². The third kappa shape index (κ3) is 4.99. The van der Waals surface area contributed by atoms with Crippen molar-refractivity contribution in [2.45, 2.75) is 13.8 Å². The van der Waals surface area contributed by atoms with Crippen LogP contribution < -0.4 is 20.4 Å². The van der Waals surface area contributed by atoms with Gasteiger partial charge in [-0.3, -0.25) is 9.59 Å². The van der Waals surface area contributed by atoms with E-state index < -0.39 is 11.8 Å². The average molecular weight is 354 g/mol. The highest BCUT2D eigenvalue weighted by Crippen LogP contribution is 2.18. The number of nitrogens with zero attached hydrogens (tertiary/aromatic N) is 2. The Morgan fingerprint density at radius 1 is 0.731 bits per heavy atom. The van der Waals surface area contributed by atoms with Gasteiger partial charge in [0, 0.05) is 49.9 Å². The normalized spacial score (nSPS) is 10.2. The molecule has 0 aliphatic carbocycles. The number of amides is 2. The van der Waals surface area contributed by atoms with Crippen LogP contribution in [-0.2, 0) is 9.59 Å². The minimum absolute atomic E-state index is 0.577. The molecular formula is C20H26N4O2. The Morgan fingerprint density at radius 3 is 1.46 bits per heavy atom. The highest BCUT2D eigenvalue weighted by Gasteiger charge is 2.14. The molecule has 6 heteroatoms. The third-order valence-corrected chi connectivity index (χ3v) is 4.10. The quantitative estimate of drug-likeness (QED) is 0.782. The standard InChI is InChI=1S/C20H26N4O2/c1-5-24(6-2)18-13-9-16(10-14-18)22-20(26)19(25)21-15-7-11-17(12-8-15)23(3)4/h7-14H,5-6H2,1-4H3,(H,21,25)(H,22,26). The van der Waals surface area contributed by atoms with Gasteiger partial charge < -0.3 is 20.4 Å². The molecule has 0 bridgehead atoms. The number of anilines is 4. The van der Waals surface area contributed by atoms with Gasteiger partial charge in [-0.05, 0) is 62.4 Å². The molecule has 0 atom stereocenters. The predicted octanol–water partition coefficient (Wildman–Crippen LogP) is 3.18. The Kier molecular flexibility index (Phi) is 6.60. The molecule has 0 aliphatic heterocycles. The second-order valence-corrected chi connectivity index (χ2v) is 6.07. The van der Waals surface area contributed by atoms with Crippen molar-refractivity contribution in [3.05, 3.63) is 48.5 Å². The first kappa shape index (κ1) is 19.3. The van der Waals surface area contributed by atoms with E-state index in [0.29, 0.717) is 11.4 Å². The topological polar surface area (TPSA) is 64.7 Å². The largest absolute Gasteiger partial charge is 0.378 e. The Hall–Kier alpha value is -3.02. The van der Waals surface area contributed by atoms with Crippen molar-refractivity contribution < 1.29 is 9.59 Å². The lowest BCUT2D eigenvalue weighted by Gasteiger charge is -2.21. The van der Waals surface area contributed by atoms with E-state index in [0.717, 1.165) is 24.5 Å². The van der Waals surface area contributed by atoms with Gasteiger partial charge in [0.2, 0.25) is 0 Å². The molecule has 0 aliphatic rings. The van der Waals surface area contributed by atoms with Crippen molar-refractivity contribution >= 4 is 34.6 Å². The van der Waals surface area contributed by atoms with Crippen molar-refractivity contribution in [3.63, 3.8) is 0 Å². The van der Waals surface area contributed by atoms with Gasteiger partial charge >= 0.3 is 11.8 Å². The summed E-state index contributed by atoms with van der Waals surface area (Å²) in [5, 5.41) is 5.21. The third-order valence-electron chi connectivity index (χ3n) is 4.10. The lowest BCUT2D eigenvalue weighted by Crippen LogP contribution is -2.29. The van der Waals surface area contributed by atoms with E-state index in [2.05, 4.69) is 29.4 Å². The van der Waals surface area contributed by atoms with E-state index in [4.69, 9.17) is 0 Å². The summed E-state index contributed by atoms with van der Waals surface area (Å²) in [6.07, 6.45) is 0. The first-order valence-electron chi connectivity index (χ1n) is 8.69. The van der Waals surface area contributed by atoms with Crippen molar-refractivity contribution in [2.24, 2.45) is 0 Å². The molecule has 138 valence electrons. The summed E-state index contributed by atoms with van der Waals surface area (Å²) in [7, 11) is 3.87. The van der Waals surface area contributed by atoms with Gasteiger partial charge in [0.15, 0.2) is 0 Å². The van der Waals surface area contributed by atoms with Crippen molar-refractivity contribution in [2.75, 3.05) is 47.6 Å². The fourth-order valence-corrected chi connectivity index (χ4v) is 2.56. The van der Waals surface area contributed by atoms with Gasteiger partial charge in [0.25, 0.3) is 0 Å². The van der Waals surface area contributed by atoms with Crippen LogP contribution in [0.3, 0.4) is 0 Å². The molecule has 0 spiro atoms. The molecular weight excluding hydrogens is 328 g/mol. The second-order valence-electron chi connectivity index (χ2n) is 6.07. The van der Waals surface area contributed by atoms with E-state index in [-0.39, 0.29) is 0 Å².